The second-order valence-corrected chi connectivity index (χ2v) is 6.23. The minimum absolute atomic E-state index is 0.873. The lowest BCUT2D eigenvalue weighted by Crippen LogP contribution is -2.31. The van der Waals surface area contributed by atoms with Crippen LogP contribution in [0.2, 0.25) is 0 Å². The maximum Gasteiger partial charge on any atom is 0.0192 e. The van der Waals surface area contributed by atoms with Crippen LogP contribution in [-0.4, -0.2) is 25.0 Å². The van der Waals surface area contributed by atoms with Gasteiger partial charge in [0.2, 0.25) is 0 Å². The number of hydrogen-bond donors (Lipinski definition) is 0. The van der Waals surface area contributed by atoms with Crippen LogP contribution < -0.4 is 0 Å². The molecule has 0 fully saturated rings. The smallest absolute Gasteiger partial charge is 0.0192 e. The van der Waals surface area contributed by atoms with E-state index in [4.69, 9.17) is 0 Å². The molecule has 2 aliphatic rings. The lowest BCUT2D eigenvalue weighted by atomic mass is 9.77. The fourth-order valence-corrected chi connectivity index (χ4v) is 3.77. The van der Waals surface area contributed by atoms with Gasteiger partial charge in [0.1, 0.15) is 0 Å². The predicted octanol–water partition coefficient (Wildman–Crippen LogP) is 4.05. The third kappa shape index (κ3) is 3.09. The van der Waals surface area contributed by atoms with E-state index in [0.717, 1.165) is 5.92 Å². The first kappa shape index (κ1) is 12.9. The van der Waals surface area contributed by atoms with Crippen molar-refractivity contribution in [3.8, 4) is 0 Å². The zero-order valence-corrected chi connectivity index (χ0v) is 12.1. The van der Waals surface area contributed by atoms with Gasteiger partial charge in [-0.05, 0) is 57.1 Å². The number of rotatable bonds is 3. The van der Waals surface area contributed by atoms with E-state index in [9.17, 15) is 0 Å². The van der Waals surface area contributed by atoms with Crippen LogP contribution >= 0.6 is 0 Å². The van der Waals surface area contributed by atoms with Crippen molar-refractivity contribution >= 4 is 0 Å². The summed E-state index contributed by atoms with van der Waals surface area (Å²) >= 11 is 0. The van der Waals surface area contributed by atoms with Gasteiger partial charge in [0, 0.05) is 13.1 Å². The van der Waals surface area contributed by atoms with Crippen LogP contribution in [-0.2, 0) is 6.42 Å². The molecule has 1 aliphatic carbocycles. The number of hydrogen-bond acceptors (Lipinski definition) is 1. The van der Waals surface area contributed by atoms with Gasteiger partial charge in [-0.15, -0.1) is 0 Å². The van der Waals surface area contributed by atoms with E-state index in [1.165, 1.54) is 57.2 Å². The lowest BCUT2D eigenvalue weighted by molar-refractivity contribution is 0.308. The van der Waals surface area contributed by atoms with Gasteiger partial charge in [0.05, 0.1) is 0 Å². The molecule has 0 bridgehead atoms. The molecule has 0 saturated carbocycles. The summed E-state index contributed by atoms with van der Waals surface area (Å²) in [7, 11) is 2.26. The molecule has 1 aliphatic heterocycles. The average Bonchev–Trinajstić information content (AvgIpc) is 2.45. The van der Waals surface area contributed by atoms with Crippen LogP contribution in [0.5, 0.6) is 0 Å². The summed E-state index contributed by atoms with van der Waals surface area (Å²) in [6.45, 7) is 2.50. The van der Waals surface area contributed by atoms with Gasteiger partial charge in [-0.2, -0.15) is 0 Å². The number of likely N-dealkylation sites (N-methyl/N-ethyl adjacent to an activating group) is 1. The van der Waals surface area contributed by atoms with Crippen molar-refractivity contribution in [2.75, 3.05) is 20.1 Å². The van der Waals surface area contributed by atoms with Crippen LogP contribution in [0.4, 0.5) is 0 Å². The first-order valence-corrected chi connectivity index (χ1v) is 7.76. The Kier molecular flexibility index (Phi) is 4.03. The molecule has 3 rings (SSSR count). The molecule has 1 aromatic carbocycles. The normalized spacial score (nSPS) is 24.4. The molecule has 1 aromatic rings. The molecular weight excluding hydrogens is 230 g/mol. The Balaban J connectivity index is 1.66. The SMILES string of the molecule is CN1CCC2=C(CCCC2CCc2ccccc2)C1. The van der Waals surface area contributed by atoms with Gasteiger partial charge < -0.3 is 4.90 Å². The average molecular weight is 255 g/mol. The van der Waals surface area contributed by atoms with Gasteiger partial charge in [0.15, 0.2) is 0 Å². The van der Waals surface area contributed by atoms with Gasteiger partial charge in [-0.3, -0.25) is 0 Å². The Morgan fingerprint density at radius 3 is 2.84 bits per heavy atom. The molecule has 0 aromatic heterocycles. The summed E-state index contributed by atoms with van der Waals surface area (Å²) in [5, 5.41) is 0. The quantitative estimate of drug-likeness (QED) is 0.736. The van der Waals surface area contributed by atoms with Crippen LogP contribution in [0.1, 0.15) is 37.7 Å². The topological polar surface area (TPSA) is 3.24 Å². The second-order valence-electron chi connectivity index (χ2n) is 6.23. The van der Waals surface area contributed by atoms with Crippen LogP contribution in [0.25, 0.3) is 0 Å². The Morgan fingerprint density at radius 2 is 2.00 bits per heavy atom. The van der Waals surface area contributed by atoms with E-state index >= 15 is 0 Å². The highest BCUT2D eigenvalue weighted by atomic mass is 15.1. The van der Waals surface area contributed by atoms with Crippen molar-refractivity contribution in [1.82, 2.24) is 4.90 Å². The van der Waals surface area contributed by atoms with E-state index in [-0.39, 0.29) is 0 Å². The molecule has 0 N–H and O–H groups in total. The monoisotopic (exact) mass is 255 g/mol. The third-order valence-corrected chi connectivity index (χ3v) is 4.83. The molecule has 0 amide bonds. The maximum absolute atomic E-state index is 2.48. The first-order chi connectivity index (χ1) is 9.33. The van der Waals surface area contributed by atoms with Crippen molar-refractivity contribution in [2.24, 2.45) is 5.92 Å². The molecule has 1 nitrogen and oxygen atoms in total. The third-order valence-electron chi connectivity index (χ3n) is 4.83. The number of nitrogens with zero attached hydrogens (tertiary/aromatic N) is 1. The highest BCUT2D eigenvalue weighted by molar-refractivity contribution is 5.25. The highest BCUT2D eigenvalue weighted by Gasteiger charge is 2.26. The Morgan fingerprint density at radius 1 is 1.16 bits per heavy atom. The Hall–Kier alpha value is -1.08. The molecule has 1 unspecified atom stereocenters. The van der Waals surface area contributed by atoms with Crippen LogP contribution in [0.15, 0.2) is 41.5 Å². The first-order valence-electron chi connectivity index (χ1n) is 7.76. The molecule has 1 atom stereocenters. The van der Waals surface area contributed by atoms with Crippen molar-refractivity contribution in [1.29, 1.82) is 0 Å². The van der Waals surface area contributed by atoms with Gasteiger partial charge in [0.25, 0.3) is 0 Å². The molecule has 0 radical (unpaired) electrons. The zero-order valence-electron chi connectivity index (χ0n) is 12.1. The number of benzene rings is 1. The van der Waals surface area contributed by atoms with Crippen molar-refractivity contribution in [3.63, 3.8) is 0 Å². The predicted molar refractivity (Wildman–Crippen MR) is 81.2 cm³/mol. The zero-order chi connectivity index (χ0) is 13.1. The molecule has 19 heavy (non-hydrogen) atoms. The minimum atomic E-state index is 0.873. The summed E-state index contributed by atoms with van der Waals surface area (Å²) in [4.78, 5) is 2.48. The fourth-order valence-electron chi connectivity index (χ4n) is 3.77. The van der Waals surface area contributed by atoms with Gasteiger partial charge in [-0.25, -0.2) is 0 Å². The van der Waals surface area contributed by atoms with E-state index in [1.54, 1.807) is 5.57 Å². The van der Waals surface area contributed by atoms with E-state index in [1.807, 2.05) is 5.57 Å². The molecule has 1 heteroatoms. The highest BCUT2D eigenvalue weighted by Crippen LogP contribution is 2.37. The van der Waals surface area contributed by atoms with Gasteiger partial charge >= 0.3 is 0 Å². The second kappa shape index (κ2) is 5.92. The Labute approximate surface area is 117 Å². The molecule has 0 spiro atoms. The molecule has 102 valence electrons. The van der Waals surface area contributed by atoms with Gasteiger partial charge in [-0.1, -0.05) is 41.5 Å². The Bertz CT molecular complexity index is 446. The van der Waals surface area contributed by atoms with Crippen molar-refractivity contribution in [2.45, 2.75) is 38.5 Å². The number of aryl methyl sites for hydroxylation is 1. The van der Waals surface area contributed by atoms with E-state index in [0.29, 0.717) is 0 Å². The van der Waals surface area contributed by atoms with Crippen molar-refractivity contribution < 1.29 is 0 Å². The largest absolute Gasteiger partial charge is 0.302 e. The van der Waals surface area contributed by atoms with Crippen molar-refractivity contribution in [3.05, 3.63) is 47.0 Å². The van der Waals surface area contributed by atoms with Crippen LogP contribution in [0, 0.1) is 5.92 Å². The molecular formula is C18H25N. The van der Waals surface area contributed by atoms with E-state index < -0.39 is 0 Å². The summed E-state index contributed by atoms with van der Waals surface area (Å²) in [5.41, 5.74) is 5.11. The van der Waals surface area contributed by atoms with E-state index in [2.05, 4.69) is 42.3 Å². The summed E-state index contributed by atoms with van der Waals surface area (Å²) < 4.78 is 0. The molecule has 0 saturated heterocycles. The van der Waals surface area contributed by atoms with Crippen LogP contribution in [0.3, 0.4) is 0 Å². The lowest BCUT2D eigenvalue weighted by Gasteiger charge is -2.35. The summed E-state index contributed by atoms with van der Waals surface area (Å²) in [6.07, 6.45) is 8.12. The minimum Gasteiger partial charge on any atom is -0.302 e. The molecule has 1 heterocycles. The fraction of sp³-hybridized carbons (Fsp3) is 0.556. The summed E-state index contributed by atoms with van der Waals surface area (Å²) in [5.74, 6) is 0.873. The standard InChI is InChI=1S/C18H25N/c1-19-13-12-18-16(8-5-9-17(18)14-19)11-10-15-6-3-2-4-7-15/h2-4,6-7,16H,5,8-14H2,1H3. The maximum atomic E-state index is 2.48. The summed E-state index contributed by atoms with van der Waals surface area (Å²) in [6, 6.07) is 11.0.